The molecular formula is C34H40ClN11O2S. The molecule has 0 radical (unpaired) electrons. The number of thioether (sulfide) groups is 1. The third-order valence-electron chi connectivity index (χ3n) is 9.74. The van der Waals surface area contributed by atoms with E-state index in [-0.39, 0.29) is 18.4 Å². The fourth-order valence-corrected chi connectivity index (χ4v) is 7.86. The van der Waals surface area contributed by atoms with E-state index in [1.54, 1.807) is 16.1 Å². The molecule has 4 aliphatic heterocycles. The van der Waals surface area contributed by atoms with Gasteiger partial charge in [0.2, 0.25) is 11.1 Å². The first-order valence-corrected chi connectivity index (χ1v) is 18.2. The molecular weight excluding hydrogens is 662 g/mol. The molecule has 2 saturated heterocycles. The molecule has 0 unspecified atom stereocenters. The summed E-state index contributed by atoms with van der Waals surface area (Å²) in [6.07, 6.45) is 8.24. The molecule has 3 aromatic rings. The van der Waals surface area contributed by atoms with E-state index < -0.39 is 0 Å². The molecule has 0 spiro atoms. The summed E-state index contributed by atoms with van der Waals surface area (Å²) in [7, 11) is 2.13. The van der Waals surface area contributed by atoms with Crippen LogP contribution in [0.15, 0.2) is 53.8 Å². The number of likely N-dealkylation sites (tertiary alicyclic amines) is 1. The highest BCUT2D eigenvalue weighted by Gasteiger charge is 2.34. The van der Waals surface area contributed by atoms with Crippen LogP contribution < -0.4 is 25.6 Å². The Labute approximate surface area is 295 Å². The van der Waals surface area contributed by atoms with Crippen molar-refractivity contribution in [2.75, 3.05) is 62.4 Å². The van der Waals surface area contributed by atoms with Crippen LogP contribution in [0.5, 0.6) is 6.01 Å². The molecule has 0 aliphatic carbocycles. The maximum atomic E-state index is 13.4. The normalized spacial score (nSPS) is 21.2. The first-order chi connectivity index (χ1) is 23.9. The molecule has 7 rings (SSSR count). The van der Waals surface area contributed by atoms with Crippen molar-refractivity contribution in [3.63, 3.8) is 0 Å². The van der Waals surface area contributed by atoms with E-state index >= 15 is 0 Å². The Bertz CT molecular complexity index is 1810. The summed E-state index contributed by atoms with van der Waals surface area (Å²) in [5.41, 5.74) is 8.65. The number of nitriles is 1. The van der Waals surface area contributed by atoms with Gasteiger partial charge in [-0.05, 0) is 56.6 Å². The Morgan fingerprint density at radius 2 is 2.00 bits per heavy atom. The van der Waals surface area contributed by atoms with Crippen LogP contribution >= 0.6 is 23.4 Å². The van der Waals surface area contributed by atoms with Gasteiger partial charge < -0.3 is 24.3 Å². The van der Waals surface area contributed by atoms with Gasteiger partial charge in [0.15, 0.2) is 0 Å². The smallest absolute Gasteiger partial charge is 0.318 e. The highest BCUT2D eigenvalue weighted by atomic mass is 35.5. The number of halogens is 1. The Balaban J connectivity index is 1.16. The number of hydrogen-bond acceptors (Lipinski definition) is 13. The fraction of sp³-hybridized carbons (Fsp3) is 0.441. The number of carbonyl (C=O) groups is 1. The number of anilines is 2. The summed E-state index contributed by atoms with van der Waals surface area (Å²) in [6.45, 7) is 4.43. The number of fused-ring (bicyclic) bond motifs is 2. The van der Waals surface area contributed by atoms with E-state index in [1.807, 2.05) is 18.4 Å². The lowest BCUT2D eigenvalue weighted by Gasteiger charge is -2.42. The second kappa shape index (κ2) is 14.7. The van der Waals surface area contributed by atoms with E-state index in [0.717, 1.165) is 70.9 Å². The van der Waals surface area contributed by atoms with Crippen LogP contribution in [0.25, 0.3) is 10.8 Å². The van der Waals surface area contributed by atoms with Gasteiger partial charge in [0.05, 0.1) is 35.8 Å². The number of amidine groups is 1. The van der Waals surface area contributed by atoms with Crippen LogP contribution in [0.1, 0.15) is 30.5 Å². The number of likely N-dealkylation sites (N-methyl/N-ethyl adjacent to an activating group) is 1. The number of piperazine rings is 1. The van der Waals surface area contributed by atoms with Gasteiger partial charge in [-0.15, -0.1) is 10.6 Å². The maximum absolute atomic E-state index is 13.4. The van der Waals surface area contributed by atoms with E-state index in [0.29, 0.717) is 50.0 Å². The van der Waals surface area contributed by atoms with Crippen molar-refractivity contribution in [1.29, 1.82) is 5.26 Å². The molecule has 1 aromatic heterocycles. The predicted octanol–water partition coefficient (Wildman–Crippen LogP) is 3.72. The van der Waals surface area contributed by atoms with Gasteiger partial charge in [-0.1, -0.05) is 47.6 Å². The molecule has 5 heterocycles. The first kappa shape index (κ1) is 33.2. The first-order valence-electron chi connectivity index (χ1n) is 16.6. The average molecular weight is 702 g/mol. The van der Waals surface area contributed by atoms with Gasteiger partial charge in [-0.3, -0.25) is 4.79 Å². The average Bonchev–Trinajstić information content (AvgIpc) is 3.77. The minimum Gasteiger partial charge on any atom is -0.462 e. The molecule has 13 nitrogen and oxygen atoms in total. The van der Waals surface area contributed by atoms with Crippen molar-refractivity contribution in [3.8, 4) is 12.1 Å². The van der Waals surface area contributed by atoms with Gasteiger partial charge in [0.1, 0.15) is 12.4 Å². The summed E-state index contributed by atoms with van der Waals surface area (Å²) >= 11 is 8.18. The summed E-state index contributed by atoms with van der Waals surface area (Å²) in [5.74, 6) is 0.669. The maximum Gasteiger partial charge on any atom is 0.318 e. The number of nitrogens with one attached hydrogen (secondary N) is 2. The molecule has 2 atom stereocenters. The Morgan fingerprint density at radius 1 is 1.14 bits per heavy atom. The standard InChI is InChI=1S/C34H40ClN11O2S/c1-42-15-5-8-25(42)22-48-33-37-28-21-43(29-10-4-7-23-6-3-9-27(35)31(23)29)16-12-26(28)32(38-33)44-18-19-45(24(20-44)11-14-36)30(47)13-17-46-34(49-2)39-40-41-46/h3-4,6-7,9-10,13,17,24-25,40-41H,5,8,11-12,15-16,18-22H2,1-2H3/b17-13+/t24-,25-/m0/s1. The molecule has 0 bridgehead atoms. The monoisotopic (exact) mass is 701 g/mol. The number of carbonyl (C=O) groups excluding carboxylic acids is 1. The van der Waals surface area contributed by atoms with Crippen molar-refractivity contribution in [2.24, 2.45) is 5.10 Å². The molecule has 2 N–H and O–H groups in total. The molecule has 1 amide bonds. The van der Waals surface area contributed by atoms with Gasteiger partial charge >= 0.3 is 6.01 Å². The number of amides is 1. The van der Waals surface area contributed by atoms with Crippen LogP contribution in [0.4, 0.5) is 11.5 Å². The number of hydrazone groups is 1. The van der Waals surface area contributed by atoms with Crippen molar-refractivity contribution in [3.05, 3.63) is 65.0 Å². The van der Waals surface area contributed by atoms with Gasteiger partial charge in [-0.25, -0.2) is 10.5 Å². The molecule has 2 fully saturated rings. The third kappa shape index (κ3) is 6.94. The molecule has 2 aromatic carbocycles. The van der Waals surface area contributed by atoms with E-state index in [1.165, 1.54) is 17.8 Å². The largest absolute Gasteiger partial charge is 0.462 e. The number of nitrogens with zero attached hydrogens (tertiary/aromatic N) is 9. The summed E-state index contributed by atoms with van der Waals surface area (Å²) in [6, 6.07) is 15.0. The quantitative estimate of drug-likeness (QED) is 0.332. The van der Waals surface area contributed by atoms with Crippen LogP contribution in [0.2, 0.25) is 5.02 Å². The number of hydrogen-bond donors (Lipinski definition) is 2. The molecule has 256 valence electrons. The number of rotatable bonds is 8. The lowest BCUT2D eigenvalue weighted by molar-refractivity contribution is -0.128. The van der Waals surface area contributed by atoms with Crippen LogP contribution in [-0.2, 0) is 17.8 Å². The SMILES string of the molecule is CSC1=NNNN1/C=C/C(=O)N1CCN(c2nc(OC[C@@H]3CCCN3C)nc3c2CCN(c2cccc4cccc(Cl)c24)C3)C[C@@H]1CC#N. The molecule has 15 heteroatoms. The number of benzene rings is 2. The van der Waals surface area contributed by atoms with Gasteiger partial charge in [0.25, 0.3) is 0 Å². The topological polar surface area (TPSA) is 128 Å². The fourth-order valence-electron chi connectivity index (χ4n) is 7.15. The van der Waals surface area contributed by atoms with Crippen LogP contribution in [0, 0.1) is 11.3 Å². The van der Waals surface area contributed by atoms with Crippen molar-refractivity contribution < 1.29 is 9.53 Å². The Hall–Kier alpha value is -4.29. The minimum absolute atomic E-state index is 0.159. The lowest BCUT2D eigenvalue weighted by atomic mass is 10.0. The van der Waals surface area contributed by atoms with Gasteiger partial charge in [0, 0.05) is 61.1 Å². The van der Waals surface area contributed by atoms with Crippen molar-refractivity contribution >= 4 is 56.7 Å². The molecule has 4 aliphatic rings. The number of hydrazine groups is 2. The summed E-state index contributed by atoms with van der Waals surface area (Å²) < 4.78 is 6.34. The van der Waals surface area contributed by atoms with E-state index in [2.05, 4.69) is 68.3 Å². The third-order valence-corrected chi connectivity index (χ3v) is 10.7. The van der Waals surface area contributed by atoms with Crippen molar-refractivity contribution in [2.45, 2.75) is 44.3 Å². The number of aromatic nitrogens is 2. The van der Waals surface area contributed by atoms with Crippen LogP contribution in [0.3, 0.4) is 0 Å². The molecule has 49 heavy (non-hydrogen) atoms. The Kier molecular flexibility index (Phi) is 9.95. The minimum atomic E-state index is -0.311. The van der Waals surface area contributed by atoms with E-state index in [9.17, 15) is 10.1 Å². The zero-order valence-electron chi connectivity index (χ0n) is 27.7. The Morgan fingerprint density at radius 3 is 2.80 bits per heavy atom. The zero-order valence-corrected chi connectivity index (χ0v) is 29.3. The zero-order chi connectivity index (χ0) is 33.9. The lowest BCUT2D eigenvalue weighted by Crippen LogP contribution is -2.55. The molecule has 0 saturated carbocycles. The van der Waals surface area contributed by atoms with E-state index in [4.69, 9.17) is 26.3 Å². The summed E-state index contributed by atoms with van der Waals surface area (Å²) in [5, 5.41) is 19.1. The van der Waals surface area contributed by atoms with Gasteiger partial charge in [-0.2, -0.15) is 15.2 Å². The predicted molar refractivity (Wildman–Crippen MR) is 193 cm³/mol. The second-order valence-electron chi connectivity index (χ2n) is 12.6. The van der Waals surface area contributed by atoms with Crippen molar-refractivity contribution in [1.82, 2.24) is 35.8 Å². The van der Waals surface area contributed by atoms with Crippen LogP contribution in [-0.4, -0.2) is 101 Å². The second-order valence-corrected chi connectivity index (χ2v) is 13.8. The number of ether oxygens (including phenoxy) is 1. The highest BCUT2D eigenvalue weighted by Crippen LogP contribution is 2.37. The summed E-state index contributed by atoms with van der Waals surface area (Å²) in [4.78, 5) is 32.1. The highest BCUT2D eigenvalue weighted by molar-refractivity contribution is 8.13.